The smallest absolute Gasteiger partial charge is 0.234 e. The lowest BCUT2D eigenvalue weighted by Crippen LogP contribution is -2.47. The molecule has 9 nitrogen and oxygen atoms in total. The number of benzene rings is 1. The molecule has 48 heavy (non-hydrogen) atoms. The molecule has 0 spiro atoms. The summed E-state index contributed by atoms with van der Waals surface area (Å²) >= 11 is 0. The fourth-order valence-electron chi connectivity index (χ4n) is 8.01. The van der Waals surface area contributed by atoms with Crippen molar-refractivity contribution >= 4 is 23.5 Å². The molecule has 2 amide bonds. The first-order valence-electron chi connectivity index (χ1n) is 17.3. The van der Waals surface area contributed by atoms with Crippen LogP contribution in [0.5, 0.6) is 0 Å². The zero-order valence-corrected chi connectivity index (χ0v) is 27.9. The van der Waals surface area contributed by atoms with E-state index in [0.29, 0.717) is 36.4 Å². The standard InChI is InChI=1S/C39H47N3O6/c1-25(2)31-21-32-37(39(47)42(38(32)46)28-15-18-41(19-16-28)22-26-8-4-3-5-9-26)33(24-44)36(31)35(45)14-11-27(34-10-6-7-17-40-34)20-29-12-13-30(23-43)48-29/h3-10,12-13,17,20,25,28,32-33,35,37,43-45H,11,14-16,18-19,21-24H2,1-2H3/b27-20-/t32-,33+,35-,37-/m1/s1. The summed E-state index contributed by atoms with van der Waals surface area (Å²) in [6, 6.07) is 19.3. The van der Waals surface area contributed by atoms with Crippen molar-refractivity contribution in [1.29, 1.82) is 0 Å². The molecule has 1 aliphatic carbocycles. The third-order valence-electron chi connectivity index (χ3n) is 10.4. The van der Waals surface area contributed by atoms with Crippen LogP contribution in [-0.4, -0.2) is 73.8 Å². The molecule has 254 valence electrons. The van der Waals surface area contributed by atoms with Crippen LogP contribution in [0.1, 0.15) is 68.7 Å². The summed E-state index contributed by atoms with van der Waals surface area (Å²) in [4.78, 5) is 36.6. The molecule has 2 aromatic heterocycles. The molecule has 3 N–H and O–H groups in total. The molecule has 2 saturated heterocycles. The SMILES string of the molecule is CC(C)C1=C([C@H](O)CC/C(=C/c2ccc(CO)o2)c2ccccn2)[C@H](CO)[C@@H]2C(=O)N(C3CCN(Cc4ccccc4)CC3)C(=O)[C@@H]2C1. The molecule has 2 fully saturated rings. The van der Waals surface area contributed by atoms with Gasteiger partial charge in [-0.3, -0.25) is 24.4 Å². The molecule has 6 rings (SSSR count). The summed E-state index contributed by atoms with van der Waals surface area (Å²) in [6.45, 7) is 6.04. The number of rotatable bonds is 12. The van der Waals surface area contributed by atoms with E-state index in [4.69, 9.17) is 4.42 Å². The van der Waals surface area contributed by atoms with Crippen LogP contribution in [0.2, 0.25) is 0 Å². The number of likely N-dealkylation sites (tertiary alicyclic amines) is 2. The highest BCUT2D eigenvalue weighted by Crippen LogP contribution is 2.49. The molecule has 4 atom stereocenters. The minimum atomic E-state index is -0.921. The lowest BCUT2D eigenvalue weighted by atomic mass is 9.66. The zero-order chi connectivity index (χ0) is 33.8. The number of imide groups is 1. The molecule has 9 heteroatoms. The summed E-state index contributed by atoms with van der Waals surface area (Å²) in [5.41, 5.74) is 4.51. The van der Waals surface area contributed by atoms with Gasteiger partial charge in [-0.25, -0.2) is 0 Å². The van der Waals surface area contributed by atoms with Crippen LogP contribution in [-0.2, 0) is 22.7 Å². The summed E-state index contributed by atoms with van der Waals surface area (Å²) in [5, 5.41) is 32.1. The minimum absolute atomic E-state index is 0.0358. The first-order chi connectivity index (χ1) is 23.3. The summed E-state index contributed by atoms with van der Waals surface area (Å²) in [7, 11) is 0. The summed E-state index contributed by atoms with van der Waals surface area (Å²) < 4.78 is 5.72. The number of carbonyl (C=O) groups is 2. The van der Waals surface area contributed by atoms with Crippen molar-refractivity contribution in [2.45, 2.75) is 71.2 Å². The largest absolute Gasteiger partial charge is 0.459 e. The molecule has 0 bridgehead atoms. The second-order valence-corrected chi connectivity index (χ2v) is 13.7. The Balaban J connectivity index is 1.19. The van der Waals surface area contributed by atoms with Gasteiger partial charge < -0.3 is 19.7 Å². The third kappa shape index (κ3) is 7.10. The topological polar surface area (TPSA) is 127 Å². The van der Waals surface area contributed by atoms with Gasteiger partial charge in [0.05, 0.1) is 30.2 Å². The van der Waals surface area contributed by atoms with E-state index in [1.807, 2.05) is 56.3 Å². The van der Waals surface area contributed by atoms with Gasteiger partial charge in [0.25, 0.3) is 0 Å². The summed E-state index contributed by atoms with van der Waals surface area (Å²) in [6.07, 6.45) is 5.32. The van der Waals surface area contributed by atoms with E-state index < -0.39 is 23.9 Å². The molecular weight excluding hydrogens is 606 g/mol. The van der Waals surface area contributed by atoms with Crippen LogP contribution in [0.25, 0.3) is 11.6 Å². The van der Waals surface area contributed by atoms with Gasteiger partial charge in [-0.1, -0.05) is 55.8 Å². The Labute approximate surface area is 282 Å². The predicted octanol–water partition coefficient (Wildman–Crippen LogP) is 5.08. The Morgan fingerprint density at radius 3 is 2.40 bits per heavy atom. The Kier molecular flexibility index (Phi) is 10.7. The normalized spacial score (nSPS) is 23.3. The van der Waals surface area contributed by atoms with Gasteiger partial charge >= 0.3 is 0 Å². The number of fused-ring (bicyclic) bond motifs is 1. The molecule has 3 aromatic rings. The fraction of sp³-hybridized carbons (Fsp3) is 0.462. The van der Waals surface area contributed by atoms with E-state index in [1.165, 1.54) is 10.5 Å². The van der Waals surface area contributed by atoms with E-state index in [9.17, 15) is 24.9 Å². The molecule has 3 aliphatic rings. The van der Waals surface area contributed by atoms with E-state index in [0.717, 1.165) is 49.3 Å². The van der Waals surface area contributed by atoms with E-state index in [2.05, 4.69) is 22.0 Å². The van der Waals surface area contributed by atoms with Gasteiger partial charge in [0, 0.05) is 37.8 Å². The number of nitrogens with zero attached hydrogens (tertiary/aromatic N) is 3. The van der Waals surface area contributed by atoms with Crippen molar-refractivity contribution in [2.75, 3.05) is 19.7 Å². The monoisotopic (exact) mass is 653 g/mol. The number of hydrogen-bond donors (Lipinski definition) is 3. The molecule has 4 heterocycles. The number of hydrogen-bond acceptors (Lipinski definition) is 8. The van der Waals surface area contributed by atoms with E-state index >= 15 is 0 Å². The number of carbonyl (C=O) groups excluding carboxylic acids is 2. The number of allylic oxidation sites excluding steroid dienone is 2. The highest BCUT2D eigenvalue weighted by molar-refractivity contribution is 6.06. The second-order valence-electron chi connectivity index (χ2n) is 13.7. The van der Waals surface area contributed by atoms with Crippen LogP contribution in [0.4, 0.5) is 0 Å². The third-order valence-corrected chi connectivity index (χ3v) is 10.4. The average molecular weight is 654 g/mol. The number of pyridine rings is 1. The van der Waals surface area contributed by atoms with Crippen LogP contribution in [0.15, 0.2) is 82.4 Å². The maximum absolute atomic E-state index is 14.1. The van der Waals surface area contributed by atoms with Gasteiger partial charge in [-0.2, -0.15) is 0 Å². The molecule has 0 saturated carbocycles. The molecular formula is C39H47N3O6. The van der Waals surface area contributed by atoms with Crippen LogP contribution >= 0.6 is 0 Å². The van der Waals surface area contributed by atoms with Crippen molar-refractivity contribution in [1.82, 2.24) is 14.8 Å². The van der Waals surface area contributed by atoms with Gasteiger partial charge in [0.1, 0.15) is 18.1 Å². The van der Waals surface area contributed by atoms with Gasteiger partial charge in [-0.05, 0) is 85.1 Å². The molecule has 0 radical (unpaired) electrons. The number of aromatic nitrogens is 1. The maximum atomic E-state index is 14.1. The first-order valence-corrected chi connectivity index (χ1v) is 17.3. The Hall–Kier alpha value is -3.89. The molecule has 1 aromatic carbocycles. The van der Waals surface area contributed by atoms with Gasteiger partial charge in [0.2, 0.25) is 11.8 Å². The van der Waals surface area contributed by atoms with Crippen molar-refractivity contribution in [3.05, 3.63) is 101 Å². The minimum Gasteiger partial charge on any atom is -0.459 e. The van der Waals surface area contributed by atoms with E-state index in [-0.39, 0.29) is 37.0 Å². The highest BCUT2D eigenvalue weighted by Gasteiger charge is 2.56. The highest BCUT2D eigenvalue weighted by atomic mass is 16.4. The van der Waals surface area contributed by atoms with Crippen molar-refractivity contribution in [3.63, 3.8) is 0 Å². The Morgan fingerprint density at radius 1 is 1.00 bits per heavy atom. The number of aliphatic hydroxyl groups is 3. The second kappa shape index (κ2) is 15.1. The Morgan fingerprint density at radius 2 is 1.75 bits per heavy atom. The van der Waals surface area contributed by atoms with Gasteiger partial charge in [0.15, 0.2) is 0 Å². The number of amides is 2. The fourth-order valence-corrected chi connectivity index (χ4v) is 8.01. The number of aliphatic hydroxyl groups excluding tert-OH is 3. The van der Waals surface area contributed by atoms with E-state index in [1.54, 1.807) is 18.3 Å². The van der Waals surface area contributed by atoms with Crippen LogP contribution in [0.3, 0.4) is 0 Å². The predicted molar refractivity (Wildman–Crippen MR) is 183 cm³/mol. The quantitative estimate of drug-likeness (QED) is 0.183. The zero-order valence-electron chi connectivity index (χ0n) is 27.9. The lowest BCUT2D eigenvalue weighted by molar-refractivity contribution is -0.144. The average Bonchev–Trinajstić information content (AvgIpc) is 3.67. The Bertz CT molecular complexity index is 1620. The lowest BCUT2D eigenvalue weighted by Gasteiger charge is -2.38. The number of piperidine rings is 1. The van der Waals surface area contributed by atoms with Crippen LogP contribution < -0.4 is 0 Å². The van der Waals surface area contributed by atoms with Crippen molar-refractivity contribution in [2.24, 2.45) is 23.7 Å². The molecule has 2 aliphatic heterocycles. The van der Waals surface area contributed by atoms with Crippen LogP contribution in [0, 0.1) is 23.7 Å². The van der Waals surface area contributed by atoms with Crippen molar-refractivity contribution < 1.29 is 29.3 Å². The number of furan rings is 1. The maximum Gasteiger partial charge on any atom is 0.234 e. The first kappa shape index (κ1) is 34.0. The molecule has 0 unspecified atom stereocenters. The summed E-state index contributed by atoms with van der Waals surface area (Å²) in [5.74, 6) is -1.09. The van der Waals surface area contributed by atoms with Crippen molar-refractivity contribution in [3.8, 4) is 0 Å². The van der Waals surface area contributed by atoms with Gasteiger partial charge in [-0.15, -0.1) is 0 Å².